The van der Waals surface area contributed by atoms with Crippen LogP contribution in [0.15, 0.2) is 67.5 Å². The van der Waals surface area contributed by atoms with Crippen LogP contribution in [0.2, 0.25) is 0 Å². The molecule has 2 fully saturated rings. The number of aromatic amines is 1. The van der Waals surface area contributed by atoms with E-state index in [1.165, 1.54) is 6.08 Å². The number of pyridine rings is 1. The largest absolute Gasteiger partial charge is 0.487 e. The maximum Gasteiger partial charge on any atom is 0.246 e. The van der Waals surface area contributed by atoms with Crippen LogP contribution in [0.5, 0.6) is 5.75 Å². The number of ether oxygens (including phenoxy) is 1. The number of nitrogens with zero attached hydrogens (tertiary/aromatic N) is 5. The van der Waals surface area contributed by atoms with Crippen molar-refractivity contribution < 1.29 is 9.53 Å². The fraction of sp³-hybridized carbons (Fsp3) is 0.312. The van der Waals surface area contributed by atoms with Crippen LogP contribution >= 0.6 is 0 Å². The molecule has 0 radical (unpaired) electrons. The van der Waals surface area contributed by atoms with Crippen molar-refractivity contribution in [1.29, 1.82) is 5.26 Å². The summed E-state index contributed by atoms with van der Waals surface area (Å²) in [5.41, 5.74) is 6.07. The molecule has 40 heavy (non-hydrogen) atoms. The van der Waals surface area contributed by atoms with Gasteiger partial charge >= 0.3 is 0 Å². The van der Waals surface area contributed by atoms with Gasteiger partial charge in [0.2, 0.25) is 5.91 Å². The molecule has 8 nitrogen and oxygen atoms in total. The molecule has 0 aliphatic carbocycles. The normalized spacial score (nSPS) is 20.0. The average molecular weight is 533 g/mol. The van der Waals surface area contributed by atoms with Crippen LogP contribution in [-0.2, 0) is 11.4 Å². The highest BCUT2D eigenvalue weighted by Crippen LogP contribution is 2.49. The second kappa shape index (κ2) is 10.2. The van der Waals surface area contributed by atoms with Gasteiger partial charge in [-0.15, -0.1) is 0 Å². The van der Waals surface area contributed by atoms with E-state index in [2.05, 4.69) is 46.6 Å². The number of rotatable bonds is 7. The summed E-state index contributed by atoms with van der Waals surface area (Å²) in [6.07, 6.45) is 6.82. The van der Waals surface area contributed by atoms with Crippen molar-refractivity contribution in [3.05, 3.63) is 84.3 Å². The molecular formula is C32H32N6O2. The fourth-order valence-corrected chi connectivity index (χ4v) is 6.65. The third-order valence-electron chi connectivity index (χ3n) is 8.56. The van der Waals surface area contributed by atoms with Crippen molar-refractivity contribution in [3.63, 3.8) is 0 Å². The maximum absolute atomic E-state index is 12.4. The number of nitrogens with one attached hydrogen (secondary N) is 1. The molecule has 2 saturated heterocycles. The van der Waals surface area contributed by atoms with E-state index >= 15 is 0 Å². The number of fused-ring (bicyclic) bond motifs is 1. The molecule has 1 N–H and O–H groups in total. The summed E-state index contributed by atoms with van der Waals surface area (Å²) in [4.78, 5) is 21.1. The Morgan fingerprint density at radius 2 is 2.17 bits per heavy atom. The fourth-order valence-electron chi connectivity index (χ4n) is 6.65. The number of anilines is 1. The number of likely N-dealkylation sites (tertiary alicyclic amines) is 1. The first-order valence-electron chi connectivity index (χ1n) is 13.7. The number of H-pyrrole nitrogens is 1. The topological polar surface area (TPSA) is 98.1 Å². The Hall–Kier alpha value is -4.64. The summed E-state index contributed by atoms with van der Waals surface area (Å²) in [5, 5.41) is 18.9. The second-order valence-corrected chi connectivity index (χ2v) is 10.8. The molecule has 2 aliphatic heterocycles. The van der Waals surface area contributed by atoms with Crippen molar-refractivity contribution in [1.82, 2.24) is 20.1 Å². The third-order valence-corrected chi connectivity index (χ3v) is 8.56. The van der Waals surface area contributed by atoms with Crippen molar-refractivity contribution in [2.75, 3.05) is 24.5 Å². The summed E-state index contributed by atoms with van der Waals surface area (Å²) in [6, 6.07) is 16.5. The zero-order valence-corrected chi connectivity index (χ0v) is 22.9. The van der Waals surface area contributed by atoms with E-state index in [1.807, 2.05) is 53.6 Å². The third kappa shape index (κ3) is 4.19. The number of hydrogen-bond donors (Lipinski definition) is 1. The van der Waals surface area contributed by atoms with Crippen molar-refractivity contribution in [3.8, 4) is 22.9 Å². The lowest BCUT2D eigenvalue weighted by molar-refractivity contribution is -0.147. The maximum atomic E-state index is 12.4. The Balaban J connectivity index is 1.43. The van der Waals surface area contributed by atoms with Crippen LogP contribution in [0.4, 0.5) is 5.69 Å². The Morgan fingerprint density at radius 1 is 1.30 bits per heavy atom. The van der Waals surface area contributed by atoms with Gasteiger partial charge in [0, 0.05) is 54.3 Å². The number of carbonyl (C=O) groups excluding carboxylic acids is 1. The lowest BCUT2D eigenvalue weighted by Crippen LogP contribution is -2.66. The number of hydrogen-bond acceptors (Lipinski definition) is 6. The van der Waals surface area contributed by atoms with Gasteiger partial charge in [-0.05, 0) is 61.2 Å². The zero-order chi connectivity index (χ0) is 27.9. The molecule has 2 aromatic carbocycles. The second-order valence-electron chi connectivity index (χ2n) is 10.8. The zero-order valence-electron chi connectivity index (χ0n) is 22.9. The van der Waals surface area contributed by atoms with Gasteiger partial charge in [0.25, 0.3) is 0 Å². The first-order chi connectivity index (χ1) is 19.5. The summed E-state index contributed by atoms with van der Waals surface area (Å²) >= 11 is 0. The van der Waals surface area contributed by atoms with Gasteiger partial charge in [-0.25, -0.2) is 0 Å². The highest BCUT2D eigenvalue weighted by Gasteiger charge is 2.56. The van der Waals surface area contributed by atoms with Gasteiger partial charge in [0.15, 0.2) is 0 Å². The number of aryl methyl sites for hydroxylation is 1. The van der Waals surface area contributed by atoms with Gasteiger partial charge in [0.05, 0.1) is 28.7 Å². The molecule has 2 unspecified atom stereocenters. The first kappa shape index (κ1) is 25.6. The van der Waals surface area contributed by atoms with E-state index in [0.29, 0.717) is 24.5 Å². The monoisotopic (exact) mass is 532 g/mol. The number of carbonyl (C=O) groups is 1. The van der Waals surface area contributed by atoms with E-state index in [-0.39, 0.29) is 17.4 Å². The molecular weight excluding hydrogens is 500 g/mol. The van der Waals surface area contributed by atoms with Crippen LogP contribution in [0.1, 0.15) is 36.6 Å². The molecule has 2 aliphatic rings. The van der Waals surface area contributed by atoms with Crippen molar-refractivity contribution >= 4 is 22.5 Å². The standard InChI is InChI=1S/C32H32N6O2/c1-4-29-32(20-38(29)30(39)5-2)11-13-37(19-32)28-15-23(40-18-22-8-6-7-12-34-22)14-24(25(28)16-33)31-21(3)9-10-27-26(31)17-35-36-27/h5-10,12,14-15,17,29H,2,4,11,13,18-20H2,1,3H3,(H,35,36). The smallest absolute Gasteiger partial charge is 0.246 e. The van der Waals surface area contributed by atoms with Gasteiger partial charge in [-0.3, -0.25) is 14.9 Å². The molecule has 8 heteroatoms. The number of nitriles is 1. The molecule has 0 bridgehead atoms. The Labute approximate surface area is 233 Å². The first-order valence-corrected chi connectivity index (χ1v) is 13.7. The summed E-state index contributed by atoms with van der Waals surface area (Å²) < 4.78 is 6.30. The van der Waals surface area contributed by atoms with E-state index in [1.54, 1.807) is 6.20 Å². The summed E-state index contributed by atoms with van der Waals surface area (Å²) in [7, 11) is 0. The van der Waals surface area contributed by atoms with Crippen LogP contribution in [-0.4, -0.2) is 51.7 Å². The van der Waals surface area contributed by atoms with Crippen LogP contribution in [0, 0.1) is 23.7 Å². The molecule has 6 rings (SSSR count). The van der Waals surface area contributed by atoms with E-state index in [4.69, 9.17) is 4.74 Å². The minimum absolute atomic E-state index is 0.00557. The summed E-state index contributed by atoms with van der Waals surface area (Å²) in [5.74, 6) is 0.670. The molecule has 2 aromatic heterocycles. The van der Waals surface area contributed by atoms with E-state index < -0.39 is 0 Å². The lowest BCUT2D eigenvalue weighted by Gasteiger charge is -2.55. The Bertz CT molecular complexity index is 1640. The van der Waals surface area contributed by atoms with Crippen molar-refractivity contribution in [2.45, 2.75) is 39.3 Å². The van der Waals surface area contributed by atoms with Gasteiger partial charge in [0.1, 0.15) is 18.4 Å². The minimum Gasteiger partial charge on any atom is -0.487 e. The van der Waals surface area contributed by atoms with Crippen molar-refractivity contribution in [2.24, 2.45) is 5.41 Å². The number of benzene rings is 2. The predicted octanol–water partition coefficient (Wildman–Crippen LogP) is 5.39. The summed E-state index contributed by atoms with van der Waals surface area (Å²) in [6.45, 7) is 10.5. The average Bonchev–Trinajstić information content (AvgIpc) is 3.64. The van der Waals surface area contributed by atoms with E-state index in [9.17, 15) is 10.1 Å². The van der Waals surface area contributed by atoms with E-state index in [0.717, 1.165) is 64.9 Å². The molecule has 202 valence electrons. The van der Waals surface area contributed by atoms with Crippen LogP contribution < -0.4 is 9.64 Å². The molecule has 4 aromatic rings. The van der Waals surface area contributed by atoms with Crippen LogP contribution in [0.3, 0.4) is 0 Å². The molecule has 1 amide bonds. The Morgan fingerprint density at radius 3 is 2.92 bits per heavy atom. The van der Waals surface area contributed by atoms with Gasteiger partial charge in [-0.2, -0.15) is 10.4 Å². The molecule has 4 heterocycles. The Kier molecular flexibility index (Phi) is 6.51. The quantitative estimate of drug-likeness (QED) is 0.321. The minimum atomic E-state index is -0.00970. The highest BCUT2D eigenvalue weighted by molar-refractivity contribution is 5.99. The SMILES string of the molecule is C=CC(=O)N1CC2(CCN(c3cc(OCc4ccccn4)cc(-c4c(C)ccc5[nH]ncc45)c3C#N)C2)C1CC. The number of amides is 1. The number of aromatic nitrogens is 3. The lowest BCUT2D eigenvalue weighted by atomic mass is 9.69. The van der Waals surface area contributed by atoms with Crippen LogP contribution in [0.25, 0.3) is 22.0 Å². The highest BCUT2D eigenvalue weighted by atomic mass is 16.5. The molecule has 0 saturated carbocycles. The predicted molar refractivity (Wildman–Crippen MR) is 155 cm³/mol. The molecule has 1 spiro atoms. The van der Waals surface area contributed by atoms with Gasteiger partial charge < -0.3 is 14.5 Å². The molecule has 2 atom stereocenters. The van der Waals surface area contributed by atoms with Gasteiger partial charge in [-0.1, -0.05) is 25.6 Å².